The summed E-state index contributed by atoms with van der Waals surface area (Å²) < 4.78 is 12.8. The number of esters is 1. The second-order valence-corrected chi connectivity index (χ2v) is 12.7. The highest BCUT2D eigenvalue weighted by Gasteiger charge is 2.47. The number of carbonyl (C=O) groups excluding carboxylic acids is 3. The van der Waals surface area contributed by atoms with E-state index in [2.05, 4.69) is 47.8 Å². The van der Waals surface area contributed by atoms with E-state index in [1.165, 1.54) is 11.1 Å². The van der Waals surface area contributed by atoms with Gasteiger partial charge < -0.3 is 25.0 Å². The molecule has 0 spiro atoms. The minimum atomic E-state index is -0.617. The van der Waals surface area contributed by atoms with Crippen molar-refractivity contribution in [3.05, 3.63) is 95.3 Å². The third-order valence-electron chi connectivity index (χ3n) is 9.45. The van der Waals surface area contributed by atoms with E-state index >= 15 is 0 Å². The number of ether oxygens (including phenoxy) is 2. The third kappa shape index (κ3) is 6.58. The van der Waals surface area contributed by atoms with E-state index in [1.54, 1.807) is 6.07 Å². The van der Waals surface area contributed by atoms with E-state index in [-0.39, 0.29) is 5.91 Å². The van der Waals surface area contributed by atoms with Gasteiger partial charge in [0.2, 0.25) is 5.91 Å². The molecule has 10 heteroatoms. The summed E-state index contributed by atoms with van der Waals surface area (Å²) in [5.74, 6) is 1.56. The smallest absolute Gasteiger partial charge is 0.328 e. The molecule has 242 valence electrons. The monoisotopic (exact) mass is 633 g/mol. The first kappa shape index (κ1) is 30.5. The number of aromatic nitrogens is 2. The Balaban J connectivity index is 1.00. The fourth-order valence-corrected chi connectivity index (χ4v) is 6.70. The molecule has 0 bridgehead atoms. The predicted octanol–water partition coefficient (Wildman–Crippen LogP) is 5.96. The normalized spacial score (nSPS) is 19.4. The van der Waals surface area contributed by atoms with Crippen LogP contribution in [0.15, 0.2) is 73.1 Å². The lowest BCUT2D eigenvalue weighted by atomic mass is 9.92. The van der Waals surface area contributed by atoms with Gasteiger partial charge in [-0.1, -0.05) is 36.4 Å². The third-order valence-corrected chi connectivity index (χ3v) is 9.45. The summed E-state index contributed by atoms with van der Waals surface area (Å²) in [6, 6.07) is 18.8. The molecule has 3 heterocycles. The van der Waals surface area contributed by atoms with Gasteiger partial charge >= 0.3 is 12.0 Å². The van der Waals surface area contributed by atoms with Crippen molar-refractivity contribution in [3.63, 3.8) is 0 Å². The number of urea groups is 1. The number of nitrogens with one attached hydrogen (secondary N) is 2. The van der Waals surface area contributed by atoms with Crippen molar-refractivity contribution in [2.45, 2.75) is 58.0 Å². The molecule has 1 unspecified atom stereocenters. The molecule has 1 aliphatic carbocycles. The molecule has 1 saturated carbocycles. The van der Waals surface area contributed by atoms with Gasteiger partial charge in [0.1, 0.15) is 11.8 Å². The molecule has 3 atom stereocenters. The van der Waals surface area contributed by atoms with Crippen LogP contribution < -0.4 is 20.3 Å². The molecular weight excluding hydrogens is 594 g/mol. The molecule has 7 rings (SSSR count). The second-order valence-electron chi connectivity index (χ2n) is 12.7. The summed E-state index contributed by atoms with van der Waals surface area (Å²) in [5, 5.41) is 10.1. The number of hydrogen-bond acceptors (Lipinski definition) is 6. The molecule has 2 N–H and O–H groups in total. The number of hydrogen-bond donors (Lipinski definition) is 2. The average Bonchev–Trinajstić information content (AvgIpc) is 3.53. The number of fused-ring (bicyclic) bond motifs is 3. The van der Waals surface area contributed by atoms with Crippen LogP contribution in [0.5, 0.6) is 5.75 Å². The number of rotatable bonds is 10. The number of nitrogens with zero attached hydrogens (tertiary/aromatic N) is 3. The molecular formula is C37H39N5O5. The maximum atomic E-state index is 13.5. The first-order chi connectivity index (χ1) is 22.8. The molecule has 3 aromatic carbocycles. The molecule has 0 radical (unpaired) electrons. The molecule has 10 nitrogen and oxygen atoms in total. The molecule has 1 aromatic heterocycles. The van der Waals surface area contributed by atoms with Gasteiger partial charge in [0.25, 0.3) is 0 Å². The summed E-state index contributed by atoms with van der Waals surface area (Å²) in [6.45, 7) is 6.24. The highest BCUT2D eigenvalue weighted by molar-refractivity contribution is 5.97. The van der Waals surface area contributed by atoms with Crippen LogP contribution in [0.1, 0.15) is 53.9 Å². The SMILES string of the molecule is Cc1cccc(OCCCC(=O)N2C[C@@H]3C[C@@H]3c3c(-c4cnn(Cc5cccc(NC(=O)NC6CCOC6=O)c5)c4)cccc32)c1C. The zero-order chi connectivity index (χ0) is 32.5. The maximum Gasteiger partial charge on any atom is 0.328 e. The van der Waals surface area contributed by atoms with Crippen LogP contribution >= 0.6 is 0 Å². The minimum Gasteiger partial charge on any atom is -0.493 e. The lowest BCUT2D eigenvalue weighted by molar-refractivity contribution is -0.139. The zero-order valence-corrected chi connectivity index (χ0v) is 26.7. The molecule has 47 heavy (non-hydrogen) atoms. The van der Waals surface area contributed by atoms with E-state index in [9.17, 15) is 14.4 Å². The Kier molecular flexibility index (Phi) is 8.41. The van der Waals surface area contributed by atoms with Crippen LogP contribution in [-0.2, 0) is 20.9 Å². The first-order valence-electron chi connectivity index (χ1n) is 16.3. The lowest BCUT2D eigenvalue weighted by Gasteiger charge is -2.30. The summed E-state index contributed by atoms with van der Waals surface area (Å²) in [6.07, 6.45) is 6.58. The van der Waals surface area contributed by atoms with Crippen LogP contribution in [0.2, 0.25) is 0 Å². The summed E-state index contributed by atoms with van der Waals surface area (Å²) in [5.41, 5.74) is 8.31. The Morgan fingerprint density at radius 3 is 2.79 bits per heavy atom. The zero-order valence-electron chi connectivity index (χ0n) is 26.7. The molecule has 4 aromatic rings. The van der Waals surface area contributed by atoms with E-state index in [0.29, 0.717) is 56.5 Å². The van der Waals surface area contributed by atoms with Crippen LogP contribution in [-0.4, -0.2) is 53.5 Å². The second kappa shape index (κ2) is 12.9. The van der Waals surface area contributed by atoms with Gasteiger partial charge in [-0.25, -0.2) is 9.59 Å². The number of carbonyl (C=O) groups is 3. The lowest BCUT2D eigenvalue weighted by Crippen LogP contribution is -2.40. The molecule has 2 aliphatic heterocycles. The Hall–Kier alpha value is -5.12. The largest absolute Gasteiger partial charge is 0.493 e. The maximum absolute atomic E-state index is 13.5. The Morgan fingerprint density at radius 1 is 1.09 bits per heavy atom. The molecule has 2 fully saturated rings. The van der Waals surface area contributed by atoms with Crippen LogP contribution in [0, 0.1) is 19.8 Å². The Bertz CT molecular complexity index is 1830. The van der Waals surface area contributed by atoms with Crippen LogP contribution in [0.4, 0.5) is 16.2 Å². The van der Waals surface area contributed by atoms with Crippen molar-refractivity contribution in [2.75, 3.05) is 30.0 Å². The number of cyclic esters (lactones) is 1. The van der Waals surface area contributed by atoms with Crippen molar-refractivity contribution in [2.24, 2.45) is 5.92 Å². The van der Waals surface area contributed by atoms with Crippen molar-refractivity contribution in [3.8, 4) is 16.9 Å². The number of anilines is 2. The first-order valence-corrected chi connectivity index (χ1v) is 16.3. The van der Waals surface area contributed by atoms with Gasteiger partial charge in [0, 0.05) is 42.5 Å². The van der Waals surface area contributed by atoms with Gasteiger partial charge in [-0.05, 0) is 90.6 Å². The Morgan fingerprint density at radius 2 is 1.94 bits per heavy atom. The van der Waals surface area contributed by atoms with E-state index in [0.717, 1.165) is 46.7 Å². The van der Waals surface area contributed by atoms with Crippen molar-refractivity contribution in [1.82, 2.24) is 15.1 Å². The fourth-order valence-electron chi connectivity index (χ4n) is 6.70. The number of benzene rings is 3. The highest BCUT2D eigenvalue weighted by atomic mass is 16.5. The average molecular weight is 634 g/mol. The van der Waals surface area contributed by atoms with Crippen molar-refractivity contribution < 1.29 is 23.9 Å². The van der Waals surface area contributed by atoms with Gasteiger partial charge in [-0.2, -0.15) is 5.10 Å². The predicted molar refractivity (Wildman–Crippen MR) is 179 cm³/mol. The molecule has 3 aliphatic rings. The Labute approximate surface area is 274 Å². The van der Waals surface area contributed by atoms with Crippen LogP contribution in [0.25, 0.3) is 11.1 Å². The topological polar surface area (TPSA) is 115 Å². The van der Waals surface area contributed by atoms with Crippen molar-refractivity contribution >= 4 is 29.3 Å². The van der Waals surface area contributed by atoms with Gasteiger partial charge in [-0.15, -0.1) is 0 Å². The van der Waals surface area contributed by atoms with E-state index in [1.807, 2.05) is 58.4 Å². The van der Waals surface area contributed by atoms with E-state index < -0.39 is 18.0 Å². The standard InChI is InChI=1S/C37H39N5O5/c1-23-7-3-12-33(24(23)2)46-15-6-13-34(43)42-22-26-18-30(26)35-29(10-5-11-32(35)42)27-19-38-41(21-27)20-25-8-4-9-28(17-25)39-37(45)40-31-14-16-47-36(31)44/h3-5,7-12,17,19,21,26,30-31H,6,13-16,18,20,22H2,1-2H3,(H2,39,40,45)/t26-,30-,31?/m0/s1. The van der Waals surface area contributed by atoms with E-state index in [4.69, 9.17) is 9.47 Å². The number of aryl methyl sites for hydroxylation is 1. The summed E-state index contributed by atoms with van der Waals surface area (Å²) >= 11 is 0. The number of amides is 3. The summed E-state index contributed by atoms with van der Waals surface area (Å²) in [7, 11) is 0. The van der Waals surface area contributed by atoms with Crippen molar-refractivity contribution in [1.29, 1.82) is 0 Å². The highest BCUT2D eigenvalue weighted by Crippen LogP contribution is 2.57. The molecule has 1 saturated heterocycles. The minimum absolute atomic E-state index is 0.138. The van der Waals surface area contributed by atoms with Crippen LogP contribution in [0.3, 0.4) is 0 Å². The molecule has 3 amide bonds. The van der Waals surface area contributed by atoms with Gasteiger partial charge in [0.15, 0.2) is 0 Å². The summed E-state index contributed by atoms with van der Waals surface area (Å²) in [4.78, 5) is 39.6. The van der Waals surface area contributed by atoms with Gasteiger partial charge in [0.05, 0.1) is 26.0 Å². The quantitative estimate of drug-likeness (QED) is 0.165. The van der Waals surface area contributed by atoms with Gasteiger partial charge in [-0.3, -0.25) is 9.48 Å². The fraction of sp³-hybridized carbons (Fsp3) is 0.351.